The highest BCUT2D eigenvalue weighted by atomic mass is 19.1. The highest BCUT2D eigenvalue weighted by molar-refractivity contribution is 5.79. The number of halogens is 1. The normalized spacial score (nSPS) is 15.0. The number of aryl methyl sites for hydroxylation is 1. The number of aromatic nitrogens is 3. The number of benzene rings is 3. The van der Waals surface area contributed by atoms with E-state index in [9.17, 15) is 14.0 Å². The molecule has 1 unspecified atom stereocenters. The van der Waals surface area contributed by atoms with Crippen molar-refractivity contribution in [2.75, 3.05) is 0 Å². The van der Waals surface area contributed by atoms with Gasteiger partial charge in [-0.15, -0.1) is 5.48 Å². The fourth-order valence-electron chi connectivity index (χ4n) is 4.63. The Morgan fingerprint density at radius 3 is 2.64 bits per heavy atom. The number of nitrogens with zero attached hydrogens (tertiary/aromatic N) is 3. The standard InChI is InChI=1S/C29H23FN4O5/c30-18-10-12-19(13-11-18)34-26(7-3-4-8-27(35)36)31-23-15-17(9-14-20(23)29(34)37)22-16-25(39-33-22)28-32-21-5-1-2-6-24(21)38-28/h1-2,5-6,9-16,22,33H,3-4,7-8H2,(H,35,36). The summed E-state index contributed by atoms with van der Waals surface area (Å²) in [5, 5.41) is 9.38. The van der Waals surface area contributed by atoms with Crippen molar-refractivity contribution >= 4 is 33.7 Å². The van der Waals surface area contributed by atoms with Gasteiger partial charge in [-0.3, -0.25) is 14.2 Å². The van der Waals surface area contributed by atoms with Crippen LogP contribution in [0.25, 0.3) is 33.4 Å². The summed E-state index contributed by atoms with van der Waals surface area (Å²) >= 11 is 0. The number of unbranched alkanes of at least 4 members (excludes halogenated alkanes) is 1. The molecule has 3 heterocycles. The van der Waals surface area contributed by atoms with E-state index in [1.807, 2.05) is 42.5 Å². The van der Waals surface area contributed by atoms with Crippen LogP contribution in [0, 0.1) is 5.82 Å². The Morgan fingerprint density at radius 1 is 1.03 bits per heavy atom. The van der Waals surface area contributed by atoms with Gasteiger partial charge in [0, 0.05) is 12.8 Å². The van der Waals surface area contributed by atoms with E-state index >= 15 is 0 Å². The molecule has 5 aromatic rings. The second-order valence-corrected chi connectivity index (χ2v) is 9.24. The van der Waals surface area contributed by atoms with Crippen LogP contribution in [0.3, 0.4) is 0 Å². The molecule has 2 N–H and O–H groups in total. The number of hydrogen-bond donors (Lipinski definition) is 2. The smallest absolute Gasteiger partial charge is 0.303 e. The molecule has 0 saturated heterocycles. The molecule has 1 aliphatic rings. The van der Waals surface area contributed by atoms with Crippen LogP contribution >= 0.6 is 0 Å². The zero-order valence-electron chi connectivity index (χ0n) is 20.6. The first-order chi connectivity index (χ1) is 19.0. The van der Waals surface area contributed by atoms with Gasteiger partial charge < -0.3 is 14.4 Å². The van der Waals surface area contributed by atoms with Crippen LogP contribution in [0.5, 0.6) is 0 Å². The van der Waals surface area contributed by atoms with Gasteiger partial charge in [-0.2, -0.15) is 0 Å². The van der Waals surface area contributed by atoms with E-state index in [2.05, 4.69) is 10.5 Å². The van der Waals surface area contributed by atoms with Crippen LogP contribution in [0.15, 0.2) is 82.0 Å². The number of hydroxylamine groups is 1. The Bertz CT molecular complexity index is 1760. The maximum absolute atomic E-state index is 13.6. The van der Waals surface area contributed by atoms with Gasteiger partial charge in [0.2, 0.25) is 5.76 Å². The molecule has 196 valence electrons. The SMILES string of the molecule is O=C(O)CCCCc1nc2cc(C3C=C(c4nc5ccccc5o4)ON3)ccc2c(=O)n1-c1ccc(F)cc1. The average molecular weight is 527 g/mol. The molecule has 0 amide bonds. The Kier molecular flexibility index (Phi) is 6.37. The molecule has 0 radical (unpaired) electrons. The van der Waals surface area contributed by atoms with Gasteiger partial charge in [0.1, 0.15) is 17.2 Å². The van der Waals surface area contributed by atoms with Crippen LogP contribution in [-0.2, 0) is 16.1 Å². The van der Waals surface area contributed by atoms with E-state index in [4.69, 9.17) is 19.3 Å². The number of nitrogens with one attached hydrogen (secondary N) is 1. The molecule has 0 aliphatic carbocycles. The number of carbonyl (C=O) groups is 1. The molecule has 0 spiro atoms. The number of carboxylic acid groups (broad SMARTS) is 1. The number of carboxylic acids is 1. The molecule has 0 saturated carbocycles. The van der Waals surface area contributed by atoms with Crippen molar-refractivity contribution in [1.82, 2.24) is 20.0 Å². The molecular weight excluding hydrogens is 503 g/mol. The highest BCUT2D eigenvalue weighted by Gasteiger charge is 2.24. The van der Waals surface area contributed by atoms with E-state index in [-0.39, 0.29) is 18.0 Å². The first-order valence-electron chi connectivity index (χ1n) is 12.5. The largest absolute Gasteiger partial charge is 0.481 e. The molecular formula is C29H23FN4O5. The van der Waals surface area contributed by atoms with Crippen LogP contribution in [-0.4, -0.2) is 25.6 Å². The molecule has 3 aromatic carbocycles. The third-order valence-corrected chi connectivity index (χ3v) is 6.57. The van der Waals surface area contributed by atoms with Gasteiger partial charge in [0.25, 0.3) is 11.4 Å². The summed E-state index contributed by atoms with van der Waals surface area (Å²) in [6.07, 6.45) is 3.23. The number of oxazole rings is 1. The van der Waals surface area contributed by atoms with E-state index < -0.39 is 11.8 Å². The van der Waals surface area contributed by atoms with Crippen molar-refractivity contribution in [1.29, 1.82) is 0 Å². The second kappa shape index (κ2) is 10.1. The monoisotopic (exact) mass is 526 g/mol. The minimum absolute atomic E-state index is 0.0284. The number of fused-ring (bicyclic) bond motifs is 2. The maximum Gasteiger partial charge on any atom is 0.303 e. The molecule has 10 heteroatoms. The van der Waals surface area contributed by atoms with Crippen LogP contribution in [0.1, 0.15) is 42.6 Å². The van der Waals surface area contributed by atoms with Crippen molar-refractivity contribution < 1.29 is 23.5 Å². The lowest BCUT2D eigenvalue weighted by molar-refractivity contribution is -0.137. The molecule has 1 aliphatic heterocycles. The second-order valence-electron chi connectivity index (χ2n) is 9.24. The number of rotatable bonds is 8. The zero-order valence-corrected chi connectivity index (χ0v) is 20.6. The summed E-state index contributed by atoms with van der Waals surface area (Å²) in [4.78, 5) is 39.5. The van der Waals surface area contributed by atoms with Crippen LogP contribution in [0.4, 0.5) is 4.39 Å². The Labute approximate surface area is 221 Å². The number of aliphatic carboxylic acids is 1. The van der Waals surface area contributed by atoms with E-state index in [0.717, 1.165) is 11.1 Å². The Hall–Kier alpha value is -4.83. The first kappa shape index (κ1) is 24.5. The summed E-state index contributed by atoms with van der Waals surface area (Å²) in [5.41, 5.74) is 5.86. The van der Waals surface area contributed by atoms with Crippen LogP contribution < -0.4 is 11.0 Å². The topological polar surface area (TPSA) is 119 Å². The van der Waals surface area contributed by atoms with Gasteiger partial charge in [-0.25, -0.2) is 14.4 Å². The third kappa shape index (κ3) is 4.89. The minimum Gasteiger partial charge on any atom is -0.481 e. The third-order valence-electron chi connectivity index (χ3n) is 6.57. The molecule has 0 bridgehead atoms. The van der Waals surface area contributed by atoms with E-state index in [1.54, 1.807) is 6.07 Å². The maximum atomic E-state index is 13.6. The number of hydrogen-bond acceptors (Lipinski definition) is 7. The average Bonchev–Trinajstić information content (AvgIpc) is 3.59. The summed E-state index contributed by atoms with van der Waals surface area (Å²) in [5.74, 6) is -0.00521. The zero-order chi connectivity index (χ0) is 26.9. The van der Waals surface area contributed by atoms with Gasteiger partial charge in [0.15, 0.2) is 5.58 Å². The Balaban J connectivity index is 1.36. The van der Waals surface area contributed by atoms with Gasteiger partial charge in [-0.1, -0.05) is 18.2 Å². The first-order valence-corrected chi connectivity index (χ1v) is 12.5. The quantitative estimate of drug-likeness (QED) is 0.269. The van der Waals surface area contributed by atoms with E-state index in [0.29, 0.717) is 58.9 Å². The summed E-state index contributed by atoms with van der Waals surface area (Å²) in [6, 6.07) is 18.1. The van der Waals surface area contributed by atoms with Crippen molar-refractivity contribution in [3.63, 3.8) is 0 Å². The van der Waals surface area contributed by atoms with Gasteiger partial charge in [0.05, 0.1) is 22.6 Å². The lowest BCUT2D eigenvalue weighted by Gasteiger charge is -2.15. The molecule has 39 heavy (non-hydrogen) atoms. The molecule has 0 fully saturated rings. The molecule has 1 atom stereocenters. The molecule has 9 nitrogen and oxygen atoms in total. The molecule has 2 aromatic heterocycles. The lowest BCUT2D eigenvalue weighted by atomic mass is 10.0. The fraction of sp³-hybridized carbons (Fsp3) is 0.172. The summed E-state index contributed by atoms with van der Waals surface area (Å²) in [7, 11) is 0. The number of para-hydroxylation sites is 2. The predicted octanol–water partition coefficient (Wildman–Crippen LogP) is 5.08. The lowest BCUT2D eigenvalue weighted by Crippen LogP contribution is -2.24. The van der Waals surface area contributed by atoms with Crippen molar-refractivity contribution in [3.05, 3.63) is 106 Å². The minimum atomic E-state index is -0.876. The van der Waals surface area contributed by atoms with E-state index in [1.165, 1.54) is 28.8 Å². The molecule has 6 rings (SSSR count). The van der Waals surface area contributed by atoms with Crippen molar-refractivity contribution in [3.8, 4) is 5.69 Å². The van der Waals surface area contributed by atoms with Crippen molar-refractivity contribution in [2.24, 2.45) is 0 Å². The van der Waals surface area contributed by atoms with Crippen molar-refractivity contribution in [2.45, 2.75) is 31.7 Å². The summed E-state index contributed by atoms with van der Waals surface area (Å²) < 4.78 is 20.8. The van der Waals surface area contributed by atoms with Gasteiger partial charge in [-0.05, 0) is 73.0 Å². The Morgan fingerprint density at radius 2 is 1.85 bits per heavy atom. The fourth-order valence-corrected chi connectivity index (χ4v) is 4.63. The van der Waals surface area contributed by atoms with Crippen LogP contribution in [0.2, 0.25) is 0 Å². The summed E-state index contributed by atoms with van der Waals surface area (Å²) in [6.45, 7) is 0. The van der Waals surface area contributed by atoms with Gasteiger partial charge >= 0.3 is 5.97 Å². The highest BCUT2D eigenvalue weighted by Crippen LogP contribution is 2.30. The predicted molar refractivity (Wildman–Crippen MR) is 141 cm³/mol.